The molecule has 0 atom stereocenters. The van der Waals surface area contributed by atoms with Crippen molar-refractivity contribution in [1.29, 1.82) is 0 Å². The van der Waals surface area contributed by atoms with Gasteiger partial charge in [-0.05, 0) is 0 Å². The molecular formula is C12H10MoN2O. The van der Waals surface area contributed by atoms with Gasteiger partial charge in [-0.2, -0.15) is 0 Å². The second kappa shape index (κ2) is 5.57. The molecule has 0 aromatic heterocycles. The van der Waals surface area contributed by atoms with Gasteiger partial charge >= 0.3 is 102 Å². The van der Waals surface area contributed by atoms with Crippen molar-refractivity contribution in [2.75, 3.05) is 5.01 Å². The first kappa shape index (κ1) is 11.0. The third-order valence-corrected chi connectivity index (χ3v) is 2.68. The number of benzene rings is 2. The Labute approximate surface area is 102 Å². The Morgan fingerprint density at radius 1 is 0.812 bits per heavy atom. The number of hydrogen-bond donors (Lipinski definition) is 0. The predicted octanol–water partition coefficient (Wildman–Crippen LogP) is 3.35. The summed E-state index contributed by atoms with van der Waals surface area (Å²) >= 11 is -1.55. The topological polar surface area (TPSA) is 32.7 Å². The van der Waals surface area contributed by atoms with Crippen molar-refractivity contribution in [1.82, 2.24) is 0 Å². The monoisotopic (exact) mass is 296 g/mol. The van der Waals surface area contributed by atoms with Crippen LogP contribution in [0.2, 0.25) is 0 Å². The van der Waals surface area contributed by atoms with E-state index in [9.17, 15) is 3.40 Å². The van der Waals surface area contributed by atoms with E-state index in [4.69, 9.17) is 0 Å². The SMILES string of the molecule is [O]=[Mo]=[N]N(c1ccccc1)c1ccccc1. The molecule has 0 aliphatic heterocycles. The fourth-order valence-corrected chi connectivity index (χ4v) is 2.04. The maximum atomic E-state index is 10.8. The van der Waals surface area contributed by atoms with E-state index in [0.29, 0.717) is 0 Å². The Kier molecular flexibility index (Phi) is 3.84. The van der Waals surface area contributed by atoms with E-state index in [-0.39, 0.29) is 0 Å². The van der Waals surface area contributed by atoms with Crippen LogP contribution in [0.3, 0.4) is 0 Å². The number of para-hydroxylation sites is 2. The Balaban J connectivity index is 2.43. The first-order valence-corrected chi connectivity index (χ1v) is 6.53. The van der Waals surface area contributed by atoms with Crippen molar-refractivity contribution in [3.8, 4) is 0 Å². The summed E-state index contributed by atoms with van der Waals surface area (Å²) in [6.07, 6.45) is 0. The number of rotatable bonds is 3. The maximum absolute atomic E-state index is 10.8. The van der Waals surface area contributed by atoms with Crippen LogP contribution in [0.15, 0.2) is 64.3 Å². The van der Waals surface area contributed by atoms with Crippen molar-refractivity contribution >= 4 is 11.4 Å². The molecule has 0 unspecified atom stereocenters. The Hall–Kier alpha value is -1.47. The van der Waals surface area contributed by atoms with Crippen LogP contribution in [0.5, 0.6) is 0 Å². The summed E-state index contributed by atoms with van der Waals surface area (Å²) in [5.41, 5.74) is 1.85. The van der Waals surface area contributed by atoms with Gasteiger partial charge in [0.25, 0.3) is 0 Å². The van der Waals surface area contributed by atoms with Gasteiger partial charge < -0.3 is 0 Å². The van der Waals surface area contributed by atoms with Crippen LogP contribution in [-0.2, 0) is 21.7 Å². The molecule has 0 aliphatic rings. The van der Waals surface area contributed by atoms with Gasteiger partial charge in [0.05, 0.1) is 0 Å². The van der Waals surface area contributed by atoms with Gasteiger partial charge in [-0.15, -0.1) is 0 Å². The van der Waals surface area contributed by atoms with E-state index in [1.165, 1.54) is 0 Å². The molecule has 0 bridgehead atoms. The molecule has 0 saturated carbocycles. The average molecular weight is 294 g/mol. The van der Waals surface area contributed by atoms with Gasteiger partial charge in [-0.3, -0.25) is 0 Å². The summed E-state index contributed by atoms with van der Waals surface area (Å²) in [6.45, 7) is 0. The minimum atomic E-state index is -1.55. The van der Waals surface area contributed by atoms with Gasteiger partial charge in [-0.25, -0.2) is 0 Å². The van der Waals surface area contributed by atoms with Crippen LogP contribution in [0.1, 0.15) is 0 Å². The standard InChI is InChI=1S/C12H10N2.Mo.O/c13-14(11-7-3-1-4-8-11)12-9-5-2-6-10-12;;/h1-10H;;. The molecule has 0 aliphatic carbocycles. The van der Waals surface area contributed by atoms with Gasteiger partial charge in [0.15, 0.2) is 0 Å². The van der Waals surface area contributed by atoms with Gasteiger partial charge in [0.2, 0.25) is 0 Å². The molecule has 0 fully saturated rings. The number of nitrogens with zero attached hydrogens (tertiary/aromatic N) is 2. The zero-order chi connectivity index (χ0) is 11.2. The van der Waals surface area contributed by atoms with Gasteiger partial charge in [-0.1, -0.05) is 0 Å². The van der Waals surface area contributed by atoms with E-state index in [0.717, 1.165) is 11.4 Å². The number of anilines is 2. The third-order valence-electron chi connectivity index (χ3n) is 2.12. The molecule has 16 heavy (non-hydrogen) atoms. The molecule has 2 rings (SSSR count). The van der Waals surface area contributed by atoms with Crippen molar-refractivity contribution in [3.05, 3.63) is 60.7 Å². The second-order valence-electron chi connectivity index (χ2n) is 3.14. The normalized spacial score (nSPS) is 9.50. The van der Waals surface area contributed by atoms with Gasteiger partial charge in [0.1, 0.15) is 0 Å². The van der Waals surface area contributed by atoms with Crippen molar-refractivity contribution in [3.63, 3.8) is 0 Å². The molecule has 2 aromatic carbocycles. The first-order chi connectivity index (χ1) is 7.92. The summed E-state index contributed by atoms with van der Waals surface area (Å²) < 4.78 is 14.9. The summed E-state index contributed by atoms with van der Waals surface area (Å²) in [5, 5.41) is 1.72. The minimum absolute atomic E-state index is 0.926. The van der Waals surface area contributed by atoms with E-state index in [1.54, 1.807) is 5.01 Å². The Bertz CT molecular complexity index is 455. The molecular weight excluding hydrogens is 284 g/mol. The molecule has 2 aromatic rings. The molecule has 0 heterocycles. The van der Waals surface area contributed by atoms with Crippen LogP contribution < -0.4 is 5.01 Å². The van der Waals surface area contributed by atoms with Gasteiger partial charge in [0, 0.05) is 0 Å². The summed E-state index contributed by atoms with van der Waals surface area (Å²) in [5.74, 6) is 0. The molecule has 0 radical (unpaired) electrons. The first-order valence-electron chi connectivity index (χ1n) is 4.82. The van der Waals surface area contributed by atoms with Crippen LogP contribution >= 0.6 is 0 Å². The summed E-state index contributed by atoms with van der Waals surface area (Å²) in [4.78, 5) is 0. The molecule has 0 spiro atoms. The zero-order valence-corrected chi connectivity index (χ0v) is 10.5. The summed E-state index contributed by atoms with van der Waals surface area (Å²) in [7, 11) is 0. The van der Waals surface area contributed by atoms with E-state index < -0.39 is 18.3 Å². The summed E-state index contributed by atoms with van der Waals surface area (Å²) in [6, 6.07) is 19.4. The van der Waals surface area contributed by atoms with Crippen molar-refractivity contribution in [2.24, 2.45) is 3.60 Å². The van der Waals surface area contributed by atoms with Crippen molar-refractivity contribution in [2.45, 2.75) is 0 Å². The fourth-order valence-electron chi connectivity index (χ4n) is 1.42. The van der Waals surface area contributed by atoms with Crippen LogP contribution in [-0.4, -0.2) is 0 Å². The molecule has 4 heteroatoms. The molecule has 0 amide bonds. The molecule has 80 valence electrons. The van der Waals surface area contributed by atoms with E-state index in [1.807, 2.05) is 60.7 Å². The molecule has 3 nitrogen and oxygen atoms in total. The number of hydrogen-bond acceptors (Lipinski definition) is 3. The van der Waals surface area contributed by atoms with E-state index >= 15 is 0 Å². The van der Waals surface area contributed by atoms with Crippen LogP contribution in [0.25, 0.3) is 0 Å². The van der Waals surface area contributed by atoms with Crippen LogP contribution in [0, 0.1) is 0 Å². The average Bonchev–Trinajstić information content (AvgIpc) is 2.38. The predicted molar refractivity (Wildman–Crippen MR) is 58.1 cm³/mol. The Morgan fingerprint density at radius 3 is 1.62 bits per heavy atom. The zero-order valence-electron chi connectivity index (χ0n) is 8.48. The fraction of sp³-hybridized carbons (Fsp3) is 0. The second-order valence-corrected chi connectivity index (χ2v) is 3.91. The molecule has 0 N–H and O–H groups in total. The van der Waals surface area contributed by atoms with Crippen molar-refractivity contribution < 1.29 is 21.7 Å². The molecule has 0 saturated heterocycles. The Morgan fingerprint density at radius 2 is 1.25 bits per heavy atom. The third kappa shape index (κ3) is 2.55. The quantitative estimate of drug-likeness (QED) is 0.642. The van der Waals surface area contributed by atoms with Crippen LogP contribution in [0.4, 0.5) is 11.4 Å². The van der Waals surface area contributed by atoms with E-state index in [2.05, 4.69) is 3.60 Å².